The highest BCUT2D eigenvalue weighted by Gasteiger charge is 2.77. The quantitative estimate of drug-likeness (QED) is 0.676. The van der Waals surface area contributed by atoms with E-state index in [1.807, 2.05) is 19.1 Å². The van der Waals surface area contributed by atoms with E-state index < -0.39 is 29.1 Å². The Labute approximate surface area is 170 Å². The molecule has 0 aromatic heterocycles. The second kappa shape index (κ2) is 5.84. The second-order valence-electron chi connectivity index (χ2n) is 10.1. The zero-order chi connectivity index (χ0) is 20.0. The van der Waals surface area contributed by atoms with Gasteiger partial charge in [-0.3, -0.25) is 14.4 Å². The molecule has 0 radical (unpaired) electrons. The zero-order valence-electron chi connectivity index (χ0n) is 16.9. The Bertz CT molecular complexity index is 813. The third-order valence-electron chi connectivity index (χ3n) is 7.83. The zero-order valence-corrected chi connectivity index (χ0v) is 16.9. The number of amides is 3. The van der Waals surface area contributed by atoms with Crippen LogP contribution in [0.4, 0.5) is 0 Å². The summed E-state index contributed by atoms with van der Waals surface area (Å²) in [5.74, 6) is -1.49. The molecule has 6 aliphatic rings. The van der Waals surface area contributed by atoms with Crippen molar-refractivity contribution in [3.05, 3.63) is 12.2 Å². The molecule has 2 bridgehead atoms. The van der Waals surface area contributed by atoms with Gasteiger partial charge in [-0.25, -0.2) is 0 Å². The summed E-state index contributed by atoms with van der Waals surface area (Å²) in [6.07, 6.45) is 11.9. The highest BCUT2D eigenvalue weighted by Crippen LogP contribution is 2.61. The first kappa shape index (κ1) is 17.9. The largest absolute Gasteiger partial charge is 0.356 e. The van der Waals surface area contributed by atoms with E-state index in [-0.39, 0.29) is 35.8 Å². The Hall–Kier alpha value is -1.89. The van der Waals surface area contributed by atoms with Gasteiger partial charge in [0.1, 0.15) is 11.6 Å². The highest BCUT2D eigenvalue weighted by atomic mass is 16.5. The molecule has 2 N–H and O–H groups in total. The lowest BCUT2D eigenvalue weighted by atomic mass is 9.70. The second-order valence-corrected chi connectivity index (χ2v) is 10.1. The number of nitrogens with one attached hydrogen (secondary N) is 2. The molecule has 5 atom stereocenters. The van der Waals surface area contributed by atoms with Crippen LogP contribution < -0.4 is 10.6 Å². The van der Waals surface area contributed by atoms with Crippen molar-refractivity contribution >= 4 is 17.7 Å². The van der Waals surface area contributed by atoms with Crippen LogP contribution in [0.1, 0.15) is 58.3 Å². The van der Waals surface area contributed by atoms with Crippen molar-refractivity contribution in [2.24, 2.45) is 11.8 Å². The van der Waals surface area contributed by atoms with Gasteiger partial charge in [-0.05, 0) is 45.4 Å². The first-order valence-electron chi connectivity index (χ1n) is 11.3. The molecule has 0 unspecified atom stereocenters. The van der Waals surface area contributed by atoms with Crippen LogP contribution in [0, 0.1) is 11.8 Å². The number of likely N-dealkylation sites (tertiary alicyclic amines) is 1. The maximum absolute atomic E-state index is 13.6. The van der Waals surface area contributed by atoms with Crippen LogP contribution in [0.3, 0.4) is 0 Å². The van der Waals surface area contributed by atoms with Gasteiger partial charge in [-0.1, -0.05) is 25.0 Å². The Morgan fingerprint density at radius 3 is 2.31 bits per heavy atom. The summed E-state index contributed by atoms with van der Waals surface area (Å²) in [5, 5.41) is 6.27. The topological polar surface area (TPSA) is 87.7 Å². The lowest BCUT2D eigenvalue weighted by Gasteiger charge is -2.33. The Morgan fingerprint density at radius 1 is 1.00 bits per heavy atom. The molecular weight excluding hydrogens is 370 g/mol. The van der Waals surface area contributed by atoms with E-state index in [1.54, 1.807) is 4.90 Å². The Morgan fingerprint density at radius 2 is 1.66 bits per heavy atom. The Balaban J connectivity index is 1.36. The first-order valence-corrected chi connectivity index (χ1v) is 11.3. The highest BCUT2D eigenvalue weighted by molar-refractivity contribution is 6.00. The SMILES string of the molecule is C[C@@]12C=C[C@@]3(O1)[C@H](C(=O)N(C1CC1)[C@@H]3C(=O)NC1CCCC1)[C@H]2C(=O)NC1CC1. The van der Waals surface area contributed by atoms with Crippen molar-refractivity contribution in [1.29, 1.82) is 0 Å². The average molecular weight is 399 g/mol. The molecule has 2 saturated heterocycles. The van der Waals surface area contributed by atoms with Gasteiger partial charge in [0.2, 0.25) is 17.7 Å². The molecule has 3 amide bonds. The van der Waals surface area contributed by atoms with Gasteiger partial charge in [0.05, 0.1) is 17.4 Å². The van der Waals surface area contributed by atoms with Crippen LogP contribution in [-0.4, -0.2) is 58.0 Å². The minimum absolute atomic E-state index is 0.0805. The van der Waals surface area contributed by atoms with Crippen molar-refractivity contribution in [1.82, 2.24) is 15.5 Å². The summed E-state index contributed by atoms with van der Waals surface area (Å²) in [7, 11) is 0. The summed E-state index contributed by atoms with van der Waals surface area (Å²) in [4.78, 5) is 42.0. The van der Waals surface area contributed by atoms with E-state index in [9.17, 15) is 14.4 Å². The maximum Gasteiger partial charge on any atom is 0.246 e. The molecule has 3 aliphatic heterocycles. The monoisotopic (exact) mass is 399 g/mol. The number of nitrogens with zero attached hydrogens (tertiary/aromatic N) is 1. The van der Waals surface area contributed by atoms with Crippen LogP contribution in [0.15, 0.2) is 12.2 Å². The molecule has 3 saturated carbocycles. The van der Waals surface area contributed by atoms with E-state index >= 15 is 0 Å². The first-order chi connectivity index (χ1) is 13.9. The predicted octanol–water partition coefficient (Wildman–Crippen LogP) is 1.03. The van der Waals surface area contributed by atoms with Gasteiger partial charge in [-0.15, -0.1) is 0 Å². The average Bonchev–Trinajstić information content (AvgIpc) is 3.56. The molecule has 7 heteroatoms. The molecule has 1 spiro atoms. The van der Waals surface area contributed by atoms with Crippen LogP contribution >= 0.6 is 0 Å². The molecule has 29 heavy (non-hydrogen) atoms. The van der Waals surface area contributed by atoms with E-state index in [0.717, 1.165) is 51.4 Å². The van der Waals surface area contributed by atoms with Gasteiger partial charge >= 0.3 is 0 Å². The van der Waals surface area contributed by atoms with Gasteiger partial charge in [0.25, 0.3) is 0 Å². The molecule has 3 heterocycles. The van der Waals surface area contributed by atoms with E-state index in [4.69, 9.17) is 4.74 Å². The van der Waals surface area contributed by atoms with Crippen molar-refractivity contribution < 1.29 is 19.1 Å². The van der Waals surface area contributed by atoms with Crippen molar-refractivity contribution in [2.45, 2.75) is 93.7 Å². The van der Waals surface area contributed by atoms with Gasteiger partial charge in [0.15, 0.2) is 0 Å². The van der Waals surface area contributed by atoms with E-state index in [1.165, 1.54) is 0 Å². The van der Waals surface area contributed by atoms with Crippen molar-refractivity contribution in [3.63, 3.8) is 0 Å². The summed E-state index contributed by atoms with van der Waals surface area (Å²) in [5.41, 5.74) is -1.86. The fraction of sp³-hybridized carbons (Fsp3) is 0.773. The van der Waals surface area contributed by atoms with E-state index in [0.29, 0.717) is 0 Å². The summed E-state index contributed by atoms with van der Waals surface area (Å²) >= 11 is 0. The normalized spacial score (nSPS) is 43.1. The van der Waals surface area contributed by atoms with Crippen LogP contribution in [0.2, 0.25) is 0 Å². The standard InChI is InChI=1S/C22H29N3O4/c1-21-10-11-22(29-21)16(15(21)18(26)23-13-6-7-13)20(28)25(14-8-9-14)17(22)19(27)24-12-4-2-3-5-12/h10-17H,2-9H2,1H3,(H,23,26)(H,24,27)/t15-,16-,17+,21-,22+/m0/s1. The number of fused-ring (bicyclic) bond motifs is 1. The summed E-state index contributed by atoms with van der Waals surface area (Å²) < 4.78 is 6.49. The number of rotatable bonds is 5. The van der Waals surface area contributed by atoms with Crippen LogP contribution in [0.5, 0.6) is 0 Å². The maximum atomic E-state index is 13.6. The number of ether oxygens (including phenoxy) is 1. The number of carbonyl (C=O) groups excluding carboxylic acids is 3. The molecule has 7 nitrogen and oxygen atoms in total. The van der Waals surface area contributed by atoms with Gasteiger partial charge in [-0.2, -0.15) is 0 Å². The lowest BCUT2D eigenvalue weighted by molar-refractivity contribution is -0.145. The molecule has 5 fully saturated rings. The van der Waals surface area contributed by atoms with Gasteiger partial charge in [0, 0.05) is 18.1 Å². The van der Waals surface area contributed by atoms with Crippen molar-refractivity contribution in [2.75, 3.05) is 0 Å². The Kier molecular flexibility index (Phi) is 3.61. The molecule has 156 valence electrons. The summed E-state index contributed by atoms with van der Waals surface area (Å²) in [6.45, 7) is 1.88. The summed E-state index contributed by atoms with van der Waals surface area (Å²) in [6, 6.07) is -0.174. The molecule has 0 aromatic rings. The lowest BCUT2D eigenvalue weighted by Crippen LogP contribution is -2.56. The van der Waals surface area contributed by atoms with Gasteiger partial charge < -0.3 is 20.3 Å². The molecule has 3 aliphatic carbocycles. The smallest absolute Gasteiger partial charge is 0.246 e. The number of carbonyl (C=O) groups is 3. The number of hydrogen-bond acceptors (Lipinski definition) is 4. The third kappa shape index (κ3) is 2.49. The minimum Gasteiger partial charge on any atom is -0.356 e. The van der Waals surface area contributed by atoms with Crippen LogP contribution in [-0.2, 0) is 19.1 Å². The molecule has 6 rings (SSSR count). The number of hydrogen-bond donors (Lipinski definition) is 2. The minimum atomic E-state index is -1.03. The fourth-order valence-electron chi connectivity index (χ4n) is 6.18. The third-order valence-corrected chi connectivity index (χ3v) is 7.83. The molecular formula is C22H29N3O4. The molecule has 0 aromatic carbocycles. The van der Waals surface area contributed by atoms with Crippen LogP contribution in [0.25, 0.3) is 0 Å². The van der Waals surface area contributed by atoms with Crippen molar-refractivity contribution in [3.8, 4) is 0 Å². The predicted molar refractivity (Wildman–Crippen MR) is 104 cm³/mol. The fourth-order valence-corrected chi connectivity index (χ4v) is 6.18. The van der Waals surface area contributed by atoms with E-state index in [2.05, 4.69) is 10.6 Å².